The number of carboxylic acids is 1. The first-order chi connectivity index (χ1) is 8.15. The van der Waals surface area contributed by atoms with Crippen molar-refractivity contribution in [2.75, 3.05) is 6.54 Å². The third-order valence-corrected chi connectivity index (χ3v) is 3.98. The zero-order valence-corrected chi connectivity index (χ0v) is 10.5. The maximum Gasteiger partial charge on any atom is 0.331 e. The van der Waals surface area contributed by atoms with E-state index in [1.54, 1.807) is 11.3 Å². The number of carbonyl (C=O) groups is 2. The molecule has 92 valence electrons. The van der Waals surface area contributed by atoms with Gasteiger partial charge in [0.25, 0.3) is 0 Å². The highest BCUT2D eigenvalue weighted by atomic mass is 32.1. The van der Waals surface area contributed by atoms with E-state index in [9.17, 15) is 14.7 Å². The fraction of sp³-hybridized carbons (Fsp3) is 0.500. The zero-order chi connectivity index (χ0) is 12.4. The van der Waals surface area contributed by atoms with E-state index in [0.29, 0.717) is 13.0 Å². The van der Waals surface area contributed by atoms with E-state index in [1.807, 2.05) is 18.4 Å². The van der Waals surface area contributed by atoms with E-state index in [2.05, 4.69) is 0 Å². The Morgan fingerprint density at radius 1 is 1.59 bits per heavy atom. The lowest BCUT2D eigenvalue weighted by Crippen LogP contribution is -2.42. The van der Waals surface area contributed by atoms with Crippen molar-refractivity contribution in [1.29, 1.82) is 0 Å². The van der Waals surface area contributed by atoms with Crippen molar-refractivity contribution in [2.24, 2.45) is 0 Å². The molecule has 1 aromatic heterocycles. The predicted molar refractivity (Wildman–Crippen MR) is 65.0 cm³/mol. The smallest absolute Gasteiger partial charge is 0.331 e. The van der Waals surface area contributed by atoms with Gasteiger partial charge in [-0.2, -0.15) is 0 Å². The van der Waals surface area contributed by atoms with Gasteiger partial charge in [-0.25, -0.2) is 4.79 Å². The minimum atomic E-state index is -0.936. The van der Waals surface area contributed by atoms with Crippen LogP contribution in [0.3, 0.4) is 0 Å². The van der Waals surface area contributed by atoms with Crippen LogP contribution >= 0.6 is 11.3 Å². The van der Waals surface area contributed by atoms with Crippen LogP contribution in [-0.4, -0.2) is 28.4 Å². The fourth-order valence-corrected chi connectivity index (χ4v) is 3.11. The molecule has 0 bridgehead atoms. The summed E-state index contributed by atoms with van der Waals surface area (Å²) in [5.74, 6) is -0.995. The quantitative estimate of drug-likeness (QED) is 0.897. The zero-order valence-electron chi connectivity index (χ0n) is 9.68. The summed E-state index contributed by atoms with van der Waals surface area (Å²) in [6, 6.07) is 1.04. The highest BCUT2D eigenvalue weighted by molar-refractivity contribution is 7.10. The molecule has 1 aliphatic rings. The number of hydrogen-bond donors (Lipinski definition) is 1. The number of carbonyl (C=O) groups excluding carboxylic acids is 1. The minimum Gasteiger partial charge on any atom is -0.479 e. The molecule has 1 unspecified atom stereocenters. The van der Waals surface area contributed by atoms with Crippen molar-refractivity contribution in [3.63, 3.8) is 0 Å². The fourth-order valence-electron chi connectivity index (χ4n) is 2.21. The molecule has 2 heterocycles. The molecule has 4 nitrogen and oxygen atoms in total. The maximum atomic E-state index is 11.9. The average molecular weight is 253 g/mol. The summed E-state index contributed by atoms with van der Waals surface area (Å²) in [4.78, 5) is 25.9. The van der Waals surface area contributed by atoms with Gasteiger partial charge >= 0.3 is 5.97 Å². The molecule has 2 rings (SSSR count). The first-order valence-electron chi connectivity index (χ1n) is 5.73. The molecule has 0 aromatic carbocycles. The molecule has 5 heteroatoms. The van der Waals surface area contributed by atoms with Crippen molar-refractivity contribution < 1.29 is 14.7 Å². The van der Waals surface area contributed by atoms with Gasteiger partial charge in [0, 0.05) is 17.8 Å². The van der Waals surface area contributed by atoms with Crippen LogP contribution in [-0.2, 0) is 16.0 Å². The maximum absolute atomic E-state index is 11.9. The minimum absolute atomic E-state index is 0.0586. The van der Waals surface area contributed by atoms with Crippen molar-refractivity contribution in [3.05, 3.63) is 21.9 Å². The Balaban J connectivity index is 2.30. The summed E-state index contributed by atoms with van der Waals surface area (Å²) >= 11 is 1.57. The van der Waals surface area contributed by atoms with Crippen LogP contribution in [0.5, 0.6) is 0 Å². The van der Waals surface area contributed by atoms with Crippen LogP contribution in [0.2, 0.25) is 0 Å². The summed E-state index contributed by atoms with van der Waals surface area (Å²) in [6.45, 7) is 2.44. The molecule has 1 atom stereocenters. The second-order valence-corrected chi connectivity index (χ2v) is 5.13. The lowest BCUT2D eigenvalue weighted by Gasteiger charge is -2.33. The third kappa shape index (κ3) is 2.20. The Kier molecular flexibility index (Phi) is 3.47. The Morgan fingerprint density at radius 2 is 2.35 bits per heavy atom. The van der Waals surface area contributed by atoms with Gasteiger partial charge in [-0.15, -0.1) is 11.3 Å². The number of thiophene rings is 1. The van der Waals surface area contributed by atoms with E-state index in [1.165, 1.54) is 4.90 Å². The van der Waals surface area contributed by atoms with Crippen LogP contribution in [0, 0.1) is 0 Å². The first-order valence-corrected chi connectivity index (χ1v) is 6.61. The second-order valence-electron chi connectivity index (χ2n) is 4.13. The van der Waals surface area contributed by atoms with Gasteiger partial charge in [0.1, 0.15) is 0 Å². The van der Waals surface area contributed by atoms with Crippen LogP contribution in [0.25, 0.3) is 0 Å². The molecule has 1 aromatic rings. The molecule has 0 radical (unpaired) electrons. The van der Waals surface area contributed by atoms with Crippen molar-refractivity contribution in [2.45, 2.75) is 32.2 Å². The molecule has 0 aliphatic carbocycles. The third-order valence-electron chi connectivity index (χ3n) is 2.98. The molecule has 0 saturated carbocycles. The van der Waals surface area contributed by atoms with Crippen molar-refractivity contribution in [1.82, 2.24) is 4.90 Å². The van der Waals surface area contributed by atoms with Crippen LogP contribution in [0.1, 0.15) is 36.2 Å². The van der Waals surface area contributed by atoms with Gasteiger partial charge in [-0.3, -0.25) is 4.79 Å². The molecular formula is C12H15NO3S. The van der Waals surface area contributed by atoms with E-state index in [0.717, 1.165) is 23.3 Å². The van der Waals surface area contributed by atoms with Crippen LogP contribution < -0.4 is 0 Å². The molecule has 1 amide bonds. The molecule has 1 N–H and O–H groups in total. The Bertz CT molecular complexity index is 441. The molecule has 17 heavy (non-hydrogen) atoms. The largest absolute Gasteiger partial charge is 0.479 e. The number of aliphatic carboxylic acids is 1. The topological polar surface area (TPSA) is 57.6 Å². The first kappa shape index (κ1) is 12.1. The van der Waals surface area contributed by atoms with Gasteiger partial charge in [0.2, 0.25) is 5.91 Å². The van der Waals surface area contributed by atoms with E-state index < -0.39 is 12.0 Å². The molecule has 0 spiro atoms. The highest BCUT2D eigenvalue weighted by Gasteiger charge is 2.35. The Morgan fingerprint density at radius 3 is 3.00 bits per heavy atom. The van der Waals surface area contributed by atoms with E-state index in [4.69, 9.17) is 0 Å². The highest BCUT2D eigenvalue weighted by Crippen LogP contribution is 2.33. The SMILES string of the molecule is CCCC(=O)N1CCc2sccc2C1C(=O)O. The van der Waals surface area contributed by atoms with Crippen LogP contribution in [0.15, 0.2) is 11.4 Å². The summed E-state index contributed by atoms with van der Waals surface area (Å²) in [5.41, 5.74) is 0.790. The monoisotopic (exact) mass is 253 g/mol. The Hall–Kier alpha value is -1.36. The predicted octanol–water partition coefficient (Wildman–Crippen LogP) is 2.06. The van der Waals surface area contributed by atoms with Gasteiger partial charge < -0.3 is 10.0 Å². The van der Waals surface area contributed by atoms with Gasteiger partial charge in [-0.1, -0.05) is 6.92 Å². The molecule has 0 saturated heterocycles. The van der Waals surface area contributed by atoms with Crippen molar-refractivity contribution >= 4 is 23.2 Å². The number of nitrogens with zero attached hydrogens (tertiary/aromatic N) is 1. The lowest BCUT2D eigenvalue weighted by atomic mass is 9.99. The normalized spacial score (nSPS) is 18.9. The Labute approximate surface area is 104 Å². The van der Waals surface area contributed by atoms with Gasteiger partial charge in [-0.05, 0) is 29.9 Å². The van der Waals surface area contributed by atoms with Crippen molar-refractivity contribution in [3.8, 4) is 0 Å². The molecule has 0 fully saturated rings. The van der Waals surface area contributed by atoms with E-state index >= 15 is 0 Å². The summed E-state index contributed by atoms with van der Waals surface area (Å²) in [5, 5.41) is 11.2. The number of rotatable bonds is 3. The van der Waals surface area contributed by atoms with E-state index in [-0.39, 0.29) is 5.91 Å². The molecule has 1 aliphatic heterocycles. The number of hydrogen-bond acceptors (Lipinski definition) is 3. The number of fused-ring (bicyclic) bond motifs is 1. The molecular weight excluding hydrogens is 238 g/mol. The average Bonchev–Trinajstić information content (AvgIpc) is 2.75. The second kappa shape index (κ2) is 4.87. The summed E-state index contributed by atoms with van der Waals surface area (Å²) in [6.07, 6.45) is 1.94. The number of carboxylic acid groups (broad SMARTS) is 1. The summed E-state index contributed by atoms with van der Waals surface area (Å²) in [7, 11) is 0. The van der Waals surface area contributed by atoms with Gasteiger partial charge in [0.15, 0.2) is 6.04 Å². The standard InChI is InChI=1S/C12H15NO3S/c1-2-3-10(14)13-6-4-9-8(5-7-17-9)11(13)12(15)16/h5,7,11H,2-4,6H2,1H3,(H,15,16). The summed E-state index contributed by atoms with van der Waals surface area (Å²) < 4.78 is 0. The number of amides is 1. The van der Waals surface area contributed by atoms with Gasteiger partial charge in [0.05, 0.1) is 0 Å². The lowest BCUT2D eigenvalue weighted by molar-refractivity contribution is -0.151. The van der Waals surface area contributed by atoms with Crippen LogP contribution in [0.4, 0.5) is 0 Å².